The van der Waals surface area contributed by atoms with Gasteiger partial charge in [-0.1, -0.05) is 12.1 Å². The summed E-state index contributed by atoms with van der Waals surface area (Å²) < 4.78 is 13.0. The minimum atomic E-state index is -0.231. The predicted molar refractivity (Wildman–Crippen MR) is 59.2 cm³/mol. The highest BCUT2D eigenvalue weighted by molar-refractivity contribution is 5.63. The lowest BCUT2D eigenvalue weighted by atomic mass is 10.1. The fraction of sp³-hybridized carbons (Fsp3) is 0.0833. The van der Waals surface area contributed by atoms with Crippen LogP contribution in [0.4, 0.5) is 10.2 Å². The Labute approximate surface area is 87.8 Å². The van der Waals surface area contributed by atoms with E-state index in [0.717, 1.165) is 16.9 Å². The van der Waals surface area contributed by atoms with Gasteiger partial charge in [0.05, 0.1) is 0 Å². The zero-order valence-electron chi connectivity index (χ0n) is 8.37. The Morgan fingerprint density at radius 1 is 1.13 bits per heavy atom. The zero-order chi connectivity index (χ0) is 10.7. The van der Waals surface area contributed by atoms with E-state index in [1.807, 2.05) is 25.2 Å². The Bertz CT molecular complexity index is 451. The van der Waals surface area contributed by atoms with Gasteiger partial charge >= 0.3 is 0 Å². The fourth-order valence-electron chi connectivity index (χ4n) is 1.38. The van der Waals surface area contributed by atoms with E-state index in [2.05, 4.69) is 10.3 Å². The van der Waals surface area contributed by atoms with Crippen molar-refractivity contribution < 1.29 is 4.39 Å². The maximum absolute atomic E-state index is 13.0. The number of anilines is 1. The third-order valence-electron chi connectivity index (χ3n) is 2.18. The summed E-state index contributed by atoms with van der Waals surface area (Å²) in [6.07, 6.45) is 1.72. The molecular weight excluding hydrogens is 191 g/mol. The van der Waals surface area contributed by atoms with Crippen molar-refractivity contribution in [1.29, 1.82) is 0 Å². The van der Waals surface area contributed by atoms with Crippen molar-refractivity contribution in [3.63, 3.8) is 0 Å². The van der Waals surface area contributed by atoms with Gasteiger partial charge in [-0.2, -0.15) is 0 Å². The molecule has 0 saturated heterocycles. The molecule has 0 bridgehead atoms. The molecule has 0 amide bonds. The van der Waals surface area contributed by atoms with Gasteiger partial charge in [0, 0.05) is 18.8 Å². The van der Waals surface area contributed by atoms with Gasteiger partial charge in [0.25, 0.3) is 0 Å². The third kappa shape index (κ3) is 2.13. The zero-order valence-corrected chi connectivity index (χ0v) is 8.37. The number of aromatic nitrogens is 1. The fourth-order valence-corrected chi connectivity index (χ4v) is 1.38. The molecule has 0 unspecified atom stereocenters. The minimum absolute atomic E-state index is 0.231. The number of halogens is 1. The van der Waals surface area contributed by atoms with Gasteiger partial charge in [-0.25, -0.2) is 9.37 Å². The Morgan fingerprint density at radius 2 is 2.00 bits per heavy atom. The van der Waals surface area contributed by atoms with E-state index < -0.39 is 0 Å². The van der Waals surface area contributed by atoms with Gasteiger partial charge in [-0.05, 0) is 29.8 Å². The second-order valence-electron chi connectivity index (χ2n) is 3.19. The molecule has 0 aliphatic carbocycles. The molecule has 0 radical (unpaired) electrons. The first-order chi connectivity index (χ1) is 7.29. The molecule has 0 saturated carbocycles. The van der Waals surface area contributed by atoms with Crippen LogP contribution in [-0.2, 0) is 0 Å². The van der Waals surface area contributed by atoms with Crippen LogP contribution in [0.2, 0.25) is 0 Å². The normalized spacial score (nSPS) is 10.0. The maximum atomic E-state index is 13.0. The molecule has 0 fully saturated rings. The molecule has 2 aromatic rings. The van der Waals surface area contributed by atoms with Gasteiger partial charge in [-0.15, -0.1) is 0 Å². The lowest BCUT2D eigenvalue weighted by Crippen LogP contribution is -1.91. The van der Waals surface area contributed by atoms with Crippen molar-refractivity contribution in [3.8, 4) is 11.1 Å². The average molecular weight is 202 g/mol. The van der Waals surface area contributed by atoms with Crippen molar-refractivity contribution in [3.05, 3.63) is 48.4 Å². The Hall–Kier alpha value is -1.90. The van der Waals surface area contributed by atoms with Gasteiger partial charge in [0.15, 0.2) is 0 Å². The summed E-state index contributed by atoms with van der Waals surface area (Å²) in [5.41, 5.74) is 1.75. The highest BCUT2D eigenvalue weighted by atomic mass is 19.1. The molecule has 15 heavy (non-hydrogen) atoms. The van der Waals surface area contributed by atoms with Crippen molar-refractivity contribution in [1.82, 2.24) is 4.98 Å². The van der Waals surface area contributed by atoms with Crippen molar-refractivity contribution in [2.24, 2.45) is 0 Å². The van der Waals surface area contributed by atoms with E-state index >= 15 is 0 Å². The van der Waals surface area contributed by atoms with Crippen LogP contribution in [0, 0.1) is 5.82 Å². The molecule has 1 aromatic heterocycles. The van der Waals surface area contributed by atoms with Crippen molar-refractivity contribution in [2.45, 2.75) is 0 Å². The number of hydrogen-bond acceptors (Lipinski definition) is 2. The van der Waals surface area contributed by atoms with Crippen LogP contribution in [-0.4, -0.2) is 12.0 Å². The maximum Gasteiger partial charge on any atom is 0.125 e. The van der Waals surface area contributed by atoms with Crippen LogP contribution in [0.5, 0.6) is 0 Å². The highest BCUT2D eigenvalue weighted by Crippen LogP contribution is 2.19. The lowest BCUT2D eigenvalue weighted by Gasteiger charge is -2.03. The summed E-state index contributed by atoms with van der Waals surface area (Å²) in [6.45, 7) is 0. The molecule has 0 aliphatic rings. The standard InChI is InChI=1S/C12H11FN2/c1-14-12-6-5-10(8-15-12)9-3-2-4-11(13)7-9/h2-8H,1H3,(H,14,15). The van der Waals surface area contributed by atoms with Gasteiger partial charge < -0.3 is 5.32 Å². The molecule has 1 aromatic carbocycles. The van der Waals surface area contributed by atoms with Gasteiger partial charge in [-0.3, -0.25) is 0 Å². The number of nitrogens with one attached hydrogen (secondary N) is 1. The molecule has 0 atom stereocenters. The number of pyridine rings is 1. The van der Waals surface area contributed by atoms with Crippen LogP contribution >= 0.6 is 0 Å². The lowest BCUT2D eigenvalue weighted by molar-refractivity contribution is 0.628. The summed E-state index contributed by atoms with van der Waals surface area (Å²) in [7, 11) is 1.81. The molecule has 3 heteroatoms. The Balaban J connectivity index is 2.37. The first-order valence-corrected chi connectivity index (χ1v) is 4.69. The molecule has 2 rings (SSSR count). The van der Waals surface area contributed by atoms with E-state index in [9.17, 15) is 4.39 Å². The Morgan fingerprint density at radius 3 is 2.60 bits per heavy atom. The van der Waals surface area contributed by atoms with E-state index in [1.54, 1.807) is 12.3 Å². The second kappa shape index (κ2) is 4.09. The minimum Gasteiger partial charge on any atom is -0.373 e. The van der Waals surface area contributed by atoms with Gasteiger partial charge in [0.1, 0.15) is 11.6 Å². The van der Waals surface area contributed by atoms with Crippen LogP contribution in [0.3, 0.4) is 0 Å². The molecule has 76 valence electrons. The highest BCUT2D eigenvalue weighted by Gasteiger charge is 1.99. The predicted octanol–water partition coefficient (Wildman–Crippen LogP) is 2.93. The molecular formula is C12H11FN2. The summed E-state index contributed by atoms with van der Waals surface area (Å²) >= 11 is 0. The van der Waals surface area contributed by atoms with E-state index in [4.69, 9.17) is 0 Å². The van der Waals surface area contributed by atoms with E-state index in [0.29, 0.717) is 0 Å². The van der Waals surface area contributed by atoms with Crippen LogP contribution < -0.4 is 5.32 Å². The third-order valence-corrected chi connectivity index (χ3v) is 2.18. The second-order valence-corrected chi connectivity index (χ2v) is 3.19. The van der Waals surface area contributed by atoms with Crippen molar-refractivity contribution in [2.75, 3.05) is 12.4 Å². The summed E-state index contributed by atoms with van der Waals surface area (Å²) in [4.78, 5) is 4.17. The molecule has 2 nitrogen and oxygen atoms in total. The molecule has 1 N–H and O–H groups in total. The monoisotopic (exact) mass is 202 g/mol. The summed E-state index contributed by atoms with van der Waals surface area (Å²) in [6, 6.07) is 10.2. The summed E-state index contributed by atoms with van der Waals surface area (Å²) in [5.74, 6) is 0.570. The SMILES string of the molecule is CNc1ccc(-c2cccc(F)c2)cn1. The smallest absolute Gasteiger partial charge is 0.125 e. The average Bonchev–Trinajstić information content (AvgIpc) is 2.29. The van der Waals surface area contributed by atoms with E-state index in [1.165, 1.54) is 12.1 Å². The van der Waals surface area contributed by atoms with Gasteiger partial charge in [0.2, 0.25) is 0 Å². The topological polar surface area (TPSA) is 24.9 Å². The molecule has 0 aliphatic heterocycles. The van der Waals surface area contributed by atoms with Crippen LogP contribution in [0.25, 0.3) is 11.1 Å². The van der Waals surface area contributed by atoms with Crippen LogP contribution in [0.15, 0.2) is 42.6 Å². The number of hydrogen-bond donors (Lipinski definition) is 1. The van der Waals surface area contributed by atoms with Crippen molar-refractivity contribution >= 4 is 5.82 Å². The quantitative estimate of drug-likeness (QED) is 0.809. The van der Waals surface area contributed by atoms with E-state index in [-0.39, 0.29) is 5.82 Å². The Kier molecular flexibility index (Phi) is 2.63. The molecule has 1 heterocycles. The number of nitrogens with zero attached hydrogens (tertiary/aromatic N) is 1. The largest absolute Gasteiger partial charge is 0.373 e. The number of rotatable bonds is 2. The summed E-state index contributed by atoms with van der Waals surface area (Å²) in [5, 5.41) is 2.93. The van der Waals surface area contributed by atoms with Crippen LogP contribution in [0.1, 0.15) is 0 Å². The number of benzene rings is 1. The molecule has 0 spiro atoms. The first kappa shape index (κ1) is 9.65. The first-order valence-electron chi connectivity index (χ1n) is 4.69.